The van der Waals surface area contributed by atoms with E-state index in [4.69, 9.17) is 13.9 Å². The second kappa shape index (κ2) is 8.26. The van der Waals surface area contributed by atoms with Crippen molar-refractivity contribution in [3.8, 4) is 22.8 Å². The average Bonchev–Trinajstić information content (AvgIpc) is 3.25. The summed E-state index contributed by atoms with van der Waals surface area (Å²) in [4.78, 5) is 18.7. The standard InChI is InChI=1S/C22H23N3O4/c1-27-18-10-16-8-9-25(14-17(16)11-19(18)28-2)22(26)24-13-21-23-12-20(29-21)15-6-4-3-5-7-15/h3-7,10-12H,8-9,13-14H2,1-2H3,(H,24,26). The number of methoxy groups -OCH3 is 2. The van der Waals surface area contributed by atoms with E-state index in [0.29, 0.717) is 36.2 Å². The van der Waals surface area contributed by atoms with E-state index in [0.717, 1.165) is 17.5 Å². The Kier molecular flexibility index (Phi) is 5.37. The van der Waals surface area contributed by atoms with Crippen LogP contribution in [0.1, 0.15) is 17.0 Å². The minimum atomic E-state index is -0.148. The van der Waals surface area contributed by atoms with E-state index in [1.165, 1.54) is 5.56 Å². The number of carbonyl (C=O) groups excluding carboxylic acids is 1. The quantitative estimate of drug-likeness (QED) is 0.716. The monoisotopic (exact) mass is 393 g/mol. The number of amides is 2. The molecule has 29 heavy (non-hydrogen) atoms. The Bertz CT molecular complexity index is 1000. The number of nitrogens with zero attached hydrogens (tertiary/aromatic N) is 2. The van der Waals surface area contributed by atoms with Crippen molar-refractivity contribution >= 4 is 6.03 Å². The molecular formula is C22H23N3O4. The summed E-state index contributed by atoms with van der Waals surface area (Å²) in [6.45, 7) is 1.39. The Morgan fingerprint density at radius 3 is 2.59 bits per heavy atom. The molecule has 7 heteroatoms. The van der Waals surface area contributed by atoms with Crippen LogP contribution >= 0.6 is 0 Å². The van der Waals surface area contributed by atoms with Gasteiger partial charge in [0.2, 0.25) is 5.89 Å². The van der Waals surface area contributed by atoms with Crippen molar-refractivity contribution in [2.75, 3.05) is 20.8 Å². The van der Waals surface area contributed by atoms with Gasteiger partial charge in [-0.1, -0.05) is 30.3 Å². The Hall–Kier alpha value is -3.48. The normalized spacial score (nSPS) is 13.0. The smallest absolute Gasteiger partial charge is 0.318 e. The highest BCUT2D eigenvalue weighted by molar-refractivity contribution is 5.74. The number of nitrogens with one attached hydrogen (secondary N) is 1. The number of hydrogen-bond donors (Lipinski definition) is 1. The summed E-state index contributed by atoms with van der Waals surface area (Å²) in [6, 6.07) is 13.5. The molecule has 1 aliphatic rings. The van der Waals surface area contributed by atoms with E-state index in [1.54, 1.807) is 25.3 Å². The van der Waals surface area contributed by atoms with E-state index in [-0.39, 0.29) is 12.6 Å². The Balaban J connectivity index is 1.38. The molecule has 0 unspecified atom stereocenters. The molecular weight excluding hydrogens is 370 g/mol. The summed E-state index contributed by atoms with van der Waals surface area (Å²) in [6.07, 6.45) is 2.44. The van der Waals surface area contributed by atoms with Crippen molar-refractivity contribution in [1.82, 2.24) is 15.2 Å². The molecule has 0 fully saturated rings. The molecule has 0 saturated heterocycles. The minimum Gasteiger partial charge on any atom is -0.493 e. The lowest BCUT2D eigenvalue weighted by Gasteiger charge is -2.29. The first-order valence-corrected chi connectivity index (χ1v) is 9.44. The molecule has 2 aromatic carbocycles. The number of carbonyl (C=O) groups is 1. The highest BCUT2D eigenvalue weighted by Gasteiger charge is 2.23. The van der Waals surface area contributed by atoms with Gasteiger partial charge < -0.3 is 24.1 Å². The molecule has 0 atom stereocenters. The molecule has 3 aromatic rings. The van der Waals surface area contributed by atoms with Crippen molar-refractivity contribution < 1.29 is 18.7 Å². The van der Waals surface area contributed by atoms with Crippen molar-refractivity contribution in [2.45, 2.75) is 19.5 Å². The first-order valence-electron chi connectivity index (χ1n) is 9.44. The third-order valence-electron chi connectivity index (χ3n) is 5.01. The predicted octanol–water partition coefficient (Wildman–Crippen LogP) is 3.63. The molecule has 4 rings (SSSR count). The number of urea groups is 1. The lowest BCUT2D eigenvalue weighted by atomic mass is 9.99. The van der Waals surface area contributed by atoms with Crippen LogP contribution in [-0.2, 0) is 19.5 Å². The lowest BCUT2D eigenvalue weighted by molar-refractivity contribution is 0.190. The maximum atomic E-state index is 12.6. The van der Waals surface area contributed by atoms with Crippen LogP contribution in [-0.4, -0.2) is 36.7 Å². The van der Waals surface area contributed by atoms with Crippen molar-refractivity contribution in [3.05, 3.63) is 65.7 Å². The van der Waals surface area contributed by atoms with Crippen molar-refractivity contribution in [3.63, 3.8) is 0 Å². The Labute approximate surface area is 169 Å². The SMILES string of the molecule is COc1cc2c(cc1OC)CN(C(=O)NCc1ncc(-c3ccccc3)o1)CC2. The van der Waals surface area contributed by atoms with Gasteiger partial charge in [-0.25, -0.2) is 9.78 Å². The van der Waals surface area contributed by atoms with E-state index >= 15 is 0 Å². The Morgan fingerprint density at radius 2 is 1.86 bits per heavy atom. The fraction of sp³-hybridized carbons (Fsp3) is 0.273. The number of fused-ring (bicyclic) bond motifs is 1. The molecule has 0 saturated carbocycles. The Morgan fingerprint density at radius 1 is 1.14 bits per heavy atom. The van der Waals surface area contributed by atoms with Gasteiger partial charge in [0, 0.05) is 18.7 Å². The van der Waals surface area contributed by atoms with Crippen LogP contribution in [0.15, 0.2) is 53.1 Å². The van der Waals surface area contributed by atoms with Gasteiger partial charge in [-0.05, 0) is 29.7 Å². The molecule has 0 spiro atoms. The van der Waals surface area contributed by atoms with E-state index < -0.39 is 0 Å². The summed E-state index contributed by atoms with van der Waals surface area (Å²) >= 11 is 0. The topological polar surface area (TPSA) is 76.8 Å². The highest BCUT2D eigenvalue weighted by atomic mass is 16.5. The van der Waals surface area contributed by atoms with E-state index in [9.17, 15) is 4.79 Å². The zero-order chi connectivity index (χ0) is 20.2. The van der Waals surface area contributed by atoms with Gasteiger partial charge in [-0.2, -0.15) is 0 Å². The first-order chi connectivity index (χ1) is 14.2. The third-order valence-corrected chi connectivity index (χ3v) is 5.01. The maximum absolute atomic E-state index is 12.6. The molecule has 150 valence electrons. The summed E-state index contributed by atoms with van der Waals surface area (Å²) < 4.78 is 16.5. The number of hydrogen-bond acceptors (Lipinski definition) is 5. The zero-order valence-electron chi connectivity index (χ0n) is 16.5. The number of oxazole rings is 1. The van der Waals surface area contributed by atoms with Gasteiger partial charge in [0.25, 0.3) is 0 Å². The second-order valence-electron chi connectivity index (χ2n) is 6.79. The maximum Gasteiger partial charge on any atom is 0.318 e. The number of rotatable bonds is 5. The van der Waals surface area contributed by atoms with Gasteiger partial charge in [0.1, 0.15) is 0 Å². The first kappa shape index (κ1) is 18.9. The number of ether oxygens (including phenoxy) is 2. The molecule has 1 aliphatic heterocycles. The summed E-state index contributed by atoms with van der Waals surface area (Å²) in [5.41, 5.74) is 3.19. The fourth-order valence-corrected chi connectivity index (χ4v) is 3.45. The van der Waals surface area contributed by atoms with Crippen LogP contribution in [0.2, 0.25) is 0 Å². The zero-order valence-corrected chi connectivity index (χ0v) is 16.5. The lowest BCUT2D eigenvalue weighted by Crippen LogP contribution is -2.42. The minimum absolute atomic E-state index is 0.148. The van der Waals surface area contributed by atoms with Crippen LogP contribution in [0.5, 0.6) is 11.5 Å². The van der Waals surface area contributed by atoms with Gasteiger partial charge in [0.15, 0.2) is 17.3 Å². The molecule has 1 aromatic heterocycles. The highest BCUT2D eigenvalue weighted by Crippen LogP contribution is 2.33. The van der Waals surface area contributed by atoms with Gasteiger partial charge >= 0.3 is 6.03 Å². The van der Waals surface area contributed by atoms with Crippen molar-refractivity contribution in [1.29, 1.82) is 0 Å². The van der Waals surface area contributed by atoms with Crippen LogP contribution in [0, 0.1) is 0 Å². The molecule has 0 bridgehead atoms. The summed E-state index contributed by atoms with van der Waals surface area (Å²) in [7, 11) is 3.23. The van der Waals surface area contributed by atoms with Gasteiger partial charge in [0.05, 0.1) is 27.0 Å². The number of aromatic nitrogens is 1. The van der Waals surface area contributed by atoms with Gasteiger partial charge in [-0.15, -0.1) is 0 Å². The predicted molar refractivity (Wildman–Crippen MR) is 108 cm³/mol. The largest absolute Gasteiger partial charge is 0.493 e. The molecule has 1 N–H and O–H groups in total. The fourth-order valence-electron chi connectivity index (χ4n) is 3.45. The van der Waals surface area contributed by atoms with Crippen LogP contribution < -0.4 is 14.8 Å². The molecule has 0 radical (unpaired) electrons. The third kappa shape index (κ3) is 4.03. The van der Waals surface area contributed by atoms with E-state index in [1.807, 2.05) is 42.5 Å². The molecule has 2 amide bonds. The summed E-state index contributed by atoms with van der Waals surface area (Å²) in [5.74, 6) is 2.54. The van der Waals surface area contributed by atoms with Crippen molar-refractivity contribution in [2.24, 2.45) is 0 Å². The summed E-state index contributed by atoms with van der Waals surface area (Å²) in [5, 5.41) is 2.89. The van der Waals surface area contributed by atoms with Crippen LogP contribution in [0.4, 0.5) is 4.79 Å². The van der Waals surface area contributed by atoms with Gasteiger partial charge in [-0.3, -0.25) is 0 Å². The van der Waals surface area contributed by atoms with E-state index in [2.05, 4.69) is 10.3 Å². The average molecular weight is 393 g/mol. The molecule has 7 nitrogen and oxygen atoms in total. The van der Waals surface area contributed by atoms with Crippen LogP contribution in [0.3, 0.4) is 0 Å². The van der Waals surface area contributed by atoms with Crippen LogP contribution in [0.25, 0.3) is 11.3 Å². The molecule has 0 aliphatic carbocycles. The molecule has 2 heterocycles. The number of benzene rings is 2. The second-order valence-corrected chi connectivity index (χ2v) is 6.79.